The third-order valence-electron chi connectivity index (χ3n) is 6.08. The number of aliphatic carboxylic acids is 1. The minimum Gasteiger partial charge on any atom is -0.497 e. The minimum absolute atomic E-state index is 0.180. The van der Waals surface area contributed by atoms with E-state index in [4.69, 9.17) is 14.2 Å². The van der Waals surface area contributed by atoms with Gasteiger partial charge in [0.05, 0.1) is 14.2 Å². The molecule has 0 radical (unpaired) electrons. The van der Waals surface area contributed by atoms with Crippen LogP contribution in [0.4, 0.5) is 0 Å². The number of halogens is 1. The number of nitrogens with zero attached hydrogens (tertiary/aromatic N) is 1. The molecule has 1 amide bonds. The van der Waals surface area contributed by atoms with Gasteiger partial charge in [0.2, 0.25) is 0 Å². The summed E-state index contributed by atoms with van der Waals surface area (Å²) in [4.78, 5) is 30.8. The van der Waals surface area contributed by atoms with Gasteiger partial charge in [-0.25, -0.2) is 4.79 Å². The summed E-state index contributed by atoms with van der Waals surface area (Å²) >= 11 is 3.43. The molecule has 2 unspecified atom stereocenters. The Morgan fingerprint density at radius 2 is 2.00 bits per heavy atom. The molecule has 8 nitrogen and oxygen atoms in total. The molecule has 0 saturated heterocycles. The molecule has 2 heterocycles. The first-order valence-corrected chi connectivity index (χ1v) is 11.8. The number of aromatic amines is 1. The molecular weight excluding hydrogens is 504 g/mol. The van der Waals surface area contributed by atoms with Crippen molar-refractivity contribution >= 4 is 38.7 Å². The van der Waals surface area contributed by atoms with Crippen molar-refractivity contribution in [2.75, 3.05) is 20.8 Å². The summed E-state index contributed by atoms with van der Waals surface area (Å²) in [5, 5.41) is 11.2. The summed E-state index contributed by atoms with van der Waals surface area (Å²) in [5.41, 5.74) is 2.27. The fourth-order valence-corrected chi connectivity index (χ4v) is 4.82. The van der Waals surface area contributed by atoms with Gasteiger partial charge < -0.3 is 29.2 Å². The van der Waals surface area contributed by atoms with Crippen LogP contribution in [0.5, 0.6) is 17.2 Å². The Morgan fingerprint density at radius 3 is 2.65 bits per heavy atom. The van der Waals surface area contributed by atoms with Crippen LogP contribution in [0.1, 0.15) is 31.0 Å². The lowest BCUT2D eigenvalue weighted by Crippen LogP contribution is -2.46. The summed E-state index contributed by atoms with van der Waals surface area (Å²) in [6.45, 7) is 3.94. The van der Waals surface area contributed by atoms with Crippen LogP contribution in [-0.4, -0.2) is 53.7 Å². The molecule has 1 aliphatic rings. The zero-order valence-electron chi connectivity index (χ0n) is 19.4. The number of carboxylic acids is 1. The van der Waals surface area contributed by atoms with E-state index < -0.39 is 18.1 Å². The Kier molecular flexibility index (Phi) is 6.74. The molecule has 2 N–H and O–H groups in total. The van der Waals surface area contributed by atoms with Crippen LogP contribution in [0.25, 0.3) is 10.9 Å². The van der Waals surface area contributed by atoms with Crippen LogP contribution >= 0.6 is 15.9 Å². The molecule has 3 aromatic rings. The number of fused-ring (bicyclic) bond motifs is 2. The van der Waals surface area contributed by atoms with Gasteiger partial charge in [0.15, 0.2) is 23.6 Å². The van der Waals surface area contributed by atoms with Crippen molar-refractivity contribution < 1.29 is 28.9 Å². The maximum Gasteiger partial charge on any atom is 0.331 e. The second kappa shape index (κ2) is 9.58. The van der Waals surface area contributed by atoms with Crippen LogP contribution in [0, 0.1) is 5.92 Å². The normalized spacial score (nSPS) is 17.9. The molecule has 0 spiro atoms. The molecule has 0 fully saturated rings. The quantitative estimate of drug-likeness (QED) is 0.464. The van der Waals surface area contributed by atoms with Gasteiger partial charge >= 0.3 is 5.97 Å². The molecule has 1 aromatic heterocycles. The molecule has 2 aromatic carbocycles. The van der Waals surface area contributed by atoms with Crippen LogP contribution in [0.3, 0.4) is 0 Å². The highest BCUT2D eigenvalue weighted by Gasteiger charge is 2.43. The molecule has 0 aliphatic carbocycles. The number of rotatable bonds is 7. The van der Waals surface area contributed by atoms with Crippen molar-refractivity contribution in [2.24, 2.45) is 5.92 Å². The molecular formula is C25H27BrN2O6. The van der Waals surface area contributed by atoms with E-state index in [0.29, 0.717) is 22.2 Å². The highest BCUT2D eigenvalue weighted by molar-refractivity contribution is 9.10. The van der Waals surface area contributed by atoms with Crippen LogP contribution in [0.2, 0.25) is 0 Å². The minimum atomic E-state index is -1.22. The van der Waals surface area contributed by atoms with Gasteiger partial charge in [0.1, 0.15) is 5.75 Å². The van der Waals surface area contributed by atoms with E-state index in [1.54, 1.807) is 19.2 Å². The predicted octanol–water partition coefficient (Wildman–Crippen LogP) is 4.56. The SMILES string of the molecule is COc1ccc2[nH]cc(CCN3C(=O)C(C(C)C)Oc4c(OC)cc(Br)cc4C3C(=O)O)c2c1. The second-order valence-corrected chi connectivity index (χ2v) is 9.47. The molecule has 2 atom stereocenters. The summed E-state index contributed by atoms with van der Waals surface area (Å²) in [6.07, 6.45) is 1.49. The van der Waals surface area contributed by atoms with Crippen LogP contribution in [-0.2, 0) is 16.0 Å². The highest BCUT2D eigenvalue weighted by Crippen LogP contribution is 2.44. The van der Waals surface area contributed by atoms with Gasteiger partial charge in [-0.05, 0) is 48.2 Å². The molecule has 1 aliphatic heterocycles. The molecule has 9 heteroatoms. The zero-order valence-corrected chi connectivity index (χ0v) is 21.0. The van der Waals surface area contributed by atoms with E-state index >= 15 is 0 Å². The van der Waals surface area contributed by atoms with Crippen molar-refractivity contribution in [2.45, 2.75) is 32.4 Å². The molecule has 0 saturated carbocycles. The van der Waals surface area contributed by atoms with E-state index in [1.807, 2.05) is 38.2 Å². The number of carboxylic acid groups (broad SMARTS) is 1. The Balaban J connectivity index is 1.77. The van der Waals surface area contributed by atoms with Gasteiger partial charge in [-0.2, -0.15) is 0 Å². The lowest BCUT2D eigenvalue weighted by molar-refractivity contribution is -0.153. The number of carbonyl (C=O) groups is 2. The number of aromatic nitrogens is 1. The van der Waals surface area contributed by atoms with E-state index in [0.717, 1.165) is 22.2 Å². The Morgan fingerprint density at radius 1 is 1.24 bits per heavy atom. The van der Waals surface area contributed by atoms with Crippen molar-refractivity contribution in [3.8, 4) is 17.2 Å². The number of hydrogen-bond acceptors (Lipinski definition) is 5. The molecule has 4 rings (SSSR count). The predicted molar refractivity (Wildman–Crippen MR) is 131 cm³/mol. The number of ether oxygens (including phenoxy) is 3. The van der Waals surface area contributed by atoms with Crippen LogP contribution < -0.4 is 14.2 Å². The van der Waals surface area contributed by atoms with E-state index in [-0.39, 0.29) is 24.1 Å². The molecule has 34 heavy (non-hydrogen) atoms. The number of H-pyrrole nitrogens is 1. The summed E-state index contributed by atoms with van der Waals surface area (Å²) < 4.78 is 17.6. The van der Waals surface area contributed by atoms with E-state index in [9.17, 15) is 14.7 Å². The number of nitrogens with one attached hydrogen (secondary N) is 1. The number of benzene rings is 2. The molecule has 180 valence electrons. The average Bonchev–Trinajstić information content (AvgIpc) is 3.15. The fourth-order valence-electron chi connectivity index (χ4n) is 4.36. The monoisotopic (exact) mass is 530 g/mol. The van der Waals surface area contributed by atoms with Gasteiger partial charge in [0.25, 0.3) is 5.91 Å². The van der Waals surface area contributed by atoms with E-state index in [1.165, 1.54) is 12.0 Å². The second-order valence-electron chi connectivity index (χ2n) is 8.56. The Bertz CT molecular complexity index is 1240. The topological polar surface area (TPSA) is 101 Å². The number of carbonyl (C=O) groups excluding carboxylic acids is 1. The summed E-state index contributed by atoms with van der Waals surface area (Å²) in [7, 11) is 3.10. The van der Waals surface area contributed by atoms with Crippen molar-refractivity contribution in [3.63, 3.8) is 0 Å². The first-order chi connectivity index (χ1) is 16.2. The Hall–Kier alpha value is -3.20. The summed E-state index contributed by atoms with van der Waals surface area (Å²) in [5.74, 6) is -0.301. The Labute approximate surface area is 205 Å². The van der Waals surface area contributed by atoms with E-state index in [2.05, 4.69) is 20.9 Å². The largest absolute Gasteiger partial charge is 0.497 e. The maximum atomic E-state index is 13.6. The van der Waals surface area contributed by atoms with Crippen molar-refractivity contribution in [1.29, 1.82) is 0 Å². The van der Waals surface area contributed by atoms with Crippen molar-refractivity contribution in [3.05, 3.63) is 52.1 Å². The van der Waals surface area contributed by atoms with Gasteiger partial charge in [-0.3, -0.25) is 4.79 Å². The standard InChI is InChI=1S/C25H27BrN2O6/c1-13(2)22-24(29)28(8-7-14-12-27-19-6-5-16(32-3)11-17(14)19)21(25(30)31)18-9-15(26)10-20(33-4)23(18)34-22/h5-6,9-13,21-22,27H,7-8H2,1-4H3,(H,30,31). The first-order valence-electron chi connectivity index (χ1n) is 11.0. The third kappa shape index (κ3) is 4.32. The first kappa shape index (κ1) is 23.9. The zero-order chi connectivity index (χ0) is 24.6. The van der Waals surface area contributed by atoms with Gasteiger partial charge in [-0.15, -0.1) is 0 Å². The van der Waals surface area contributed by atoms with Crippen LogP contribution in [0.15, 0.2) is 41.0 Å². The number of methoxy groups -OCH3 is 2. The van der Waals surface area contributed by atoms with Crippen molar-refractivity contribution in [1.82, 2.24) is 9.88 Å². The lowest BCUT2D eigenvalue weighted by Gasteiger charge is -2.29. The number of amides is 1. The number of hydrogen-bond donors (Lipinski definition) is 2. The smallest absolute Gasteiger partial charge is 0.331 e. The lowest BCUT2D eigenvalue weighted by atomic mass is 10.0. The molecule has 0 bridgehead atoms. The van der Waals surface area contributed by atoms with Gasteiger partial charge in [0, 0.05) is 33.7 Å². The van der Waals surface area contributed by atoms with Gasteiger partial charge in [-0.1, -0.05) is 29.8 Å². The summed E-state index contributed by atoms with van der Waals surface area (Å²) in [6, 6.07) is 7.88. The average molecular weight is 531 g/mol. The fraction of sp³-hybridized carbons (Fsp3) is 0.360. The highest BCUT2D eigenvalue weighted by atomic mass is 79.9. The third-order valence-corrected chi connectivity index (χ3v) is 6.54. The maximum absolute atomic E-state index is 13.6.